The molecule has 0 aliphatic carbocycles. The van der Waals surface area contributed by atoms with Gasteiger partial charge in [-0.1, -0.05) is 12.1 Å². The fraction of sp³-hybridized carbons (Fsp3) is 0.417. The zero-order valence-electron chi connectivity index (χ0n) is 10.1. The second-order valence-electron chi connectivity index (χ2n) is 4.84. The smallest absolute Gasteiger partial charge is 0.258 e. The molecule has 7 heteroatoms. The topological polar surface area (TPSA) is 101 Å². The lowest BCUT2D eigenvalue weighted by molar-refractivity contribution is -0.384. The Bertz CT molecular complexity index is 663. The Balaban J connectivity index is 2.28. The van der Waals surface area contributed by atoms with Gasteiger partial charge in [0.25, 0.3) is 5.69 Å². The van der Waals surface area contributed by atoms with Crippen LogP contribution in [0.25, 0.3) is 0 Å². The largest absolute Gasteiger partial charge is 0.269 e. The van der Waals surface area contributed by atoms with Crippen molar-refractivity contribution in [1.82, 2.24) is 0 Å². The van der Waals surface area contributed by atoms with E-state index in [2.05, 4.69) is 6.07 Å². The Morgan fingerprint density at radius 3 is 2.74 bits per heavy atom. The van der Waals surface area contributed by atoms with Gasteiger partial charge in [0.2, 0.25) is 0 Å². The molecule has 1 heterocycles. The molecule has 1 aliphatic heterocycles. The Morgan fingerprint density at radius 2 is 2.21 bits per heavy atom. The third-order valence-corrected chi connectivity index (χ3v) is 5.11. The molecule has 0 aromatic heterocycles. The summed E-state index contributed by atoms with van der Waals surface area (Å²) in [5.41, 5.74) is -0.382. The molecule has 1 atom stereocenters. The first-order valence-electron chi connectivity index (χ1n) is 5.71. The molecule has 1 fully saturated rings. The van der Waals surface area contributed by atoms with E-state index in [0.717, 1.165) is 0 Å². The molecule has 6 nitrogen and oxygen atoms in total. The van der Waals surface area contributed by atoms with E-state index in [9.17, 15) is 23.8 Å². The van der Waals surface area contributed by atoms with Crippen molar-refractivity contribution in [3.8, 4) is 6.07 Å². The van der Waals surface area contributed by atoms with E-state index in [1.807, 2.05) is 0 Å². The number of hydrogen-bond acceptors (Lipinski definition) is 5. The molecule has 100 valence electrons. The van der Waals surface area contributed by atoms with Crippen LogP contribution in [0.2, 0.25) is 0 Å². The van der Waals surface area contributed by atoms with Crippen LogP contribution in [-0.2, 0) is 16.3 Å². The molecular weight excluding hydrogens is 268 g/mol. The van der Waals surface area contributed by atoms with Crippen molar-refractivity contribution in [2.45, 2.75) is 12.8 Å². The number of nitrogens with zero attached hydrogens (tertiary/aromatic N) is 2. The number of nitro groups is 1. The van der Waals surface area contributed by atoms with Crippen molar-refractivity contribution in [3.05, 3.63) is 39.9 Å². The first-order chi connectivity index (χ1) is 8.86. The van der Waals surface area contributed by atoms with Crippen LogP contribution in [0, 0.1) is 26.9 Å². The molecule has 0 radical (unpaired) electrons. The van der Waals surface area contributed by atoms with Gasteiger partial charge in [0, 0.05) is 12.1 Å². The lowest BCUT2D eigenvalue weighted by Gasteiger charge is -2.18. The minimum absolute atomic E-state index is 0.00941. The number of nitro benzene ring substituents is 1. The second-order valence-corrected chi connectivity index (χ2v) is 7.02. The summed E-state index contributed by atoms with van der Waals surface area (Å²) >= 11 is 0. The molecule has 1 saturated heterocycles. The summed E-state index contributed by atoms with van der Waals surface area (Å²) in [6.45, 7) is 0. The maximum Gasteiger partial charge on any atom is 0.269 e. The van der Waals surface area contributed by atoms with E-state index >= 15 is 0 Å². The molecule has 0 bridgehead atoms. The molecule has 0 spiro atoms. The van der Waals surface area contributed by atoms with Crippen LogP contribution in [0.15, 0.2) is 24.3 Å². The van der Waals surface area contributed by atoms with Gasteiger partial charge in [-0.25, -0.2) is 8.42 Å². The summed E-state index contributed by atoms with van der Waals surface area (Å²) < 4.78 is 23.0. The number of benzene rings is 1. The highest BCUT2D eigenvalue weighted by Crippen LogP contribution is 2.35. The quantitative estimate of drug-likeness (QED) is 0.616. The van der Waals surface area contributed by atoms with Gasteiger partial charge in [0.15, 0.2) is 9.84 Å². The molecule has 1 aliphatic rings. The number of rotatable bonds is 3. The summed E-state index contributed by atoms with van der Waals surface area (Å²) in [5, 5.41) is 19.9. The number of sulfone groups is 1. The first kappa shape index (κ1) is 13.5. The van der Waals surface area contributed by atoms with E-state index in [1.54, 1.807) is 12.1 Å². The minimum Gasteiger partial charge on any atom is -0.258 e. The van der Waals surface area contributed by atoms with Crippen molar-refractivity contribution in [2.75, 3.05) is 11.5 Å². The third kappa shape index (κ3) is 2.90. The zero-order valence-corrected chi connectivity index (χ0v) is 10.9. The summed E-state index contributed by atoms with van der Waals surface area (Å²) in [4.78, 5) is 10.2. The van der Waals surface area contributed by atoms with Crippen LogP contribution >= 0.6 is 0 Å². The predicted octanol–water partition coefficient (Wildman–Crippen LogP) is 1.47. The predicted molar refractivity (Wildman–Crippen MR) is 68.1 cm³/mol. The normalized spacial score (nSPS) is 24.8. The Kier molecular flexibility index (Phi) is 3.28. The fourth-order valence-corrected chi connectivity index (χ4v) is 4.35. The minimum atomic E-state index is -3.17. The van der Waals surface area contributed by atoms with Gasteiger partial charge in [-0.15, -0.1) is 0 Å². The van der Waals surface area contributed by atoms with Crippen molar-refractivity contribution in [3.63, 3.8) is 0 Å². The molecule has 1 aromatic rings. The van der Waals surface area contributed by atoms with Crippen LogP contribution in [-0.4, -0.2) is 24.8 Å². The lowest BCUT2D eigenvalue weighted by atomic mass is 9.83. The molecule has 0 N–H and O–H groups in total. The van der Waals surface area contributed by atoms with Crippen molar-refractivity contribution < 1.29 is 13.3 Å². The Morgan fingerprint density at radius 1 is 1.47 bits per heavy atom. The van der Waals surface area contributed by atoms with E-state index in [0.29, 0.717) is 5.56 Å². The van der Waals surface area contributed by atoms with Crippen LogP contribution in [0.5, 0.6) is 0 Å². The van der Waals surface area contributed by atoms with Gasteiger partial charge < -0.3 is 0 Å². The fourth-order valence-electron chi connectivity index (χ4n) is 2.35. The first-order valence-corrected chi connectivity index (χ1v) is 7.53. The van der Waals surface area contributed by atoms with Crippen molar-refractivity contribution >= 4 is 15.5 Å². The van der Waals surface area contributed by atoms with Crippen LogP contribution < -0.4 is 0 Å². The molecule has 1 unspecified atom stereocenters. The van der Waals surface area contributed by atoms with Crippen molar-refractivity contribution in [1.29, 1.82) is 5.26 Å². The molecule has 1 aromatic carbocycles. The summed E-state index contributed by atoms with van der Waals surface area (Å²) in [6.07, 6.45) is 0.513. The molecule has 19 heavy (non-hydrogen) atoms. The Hall–Kier alpha value is -1.94. The van der Waals surface area contributed by atoms with E-state index in [4.69, 9.17) is 0 Å². The van der Waals surface area contributed by atoms with E-state index in [-0.39, 0.29) is 30.0 Å². The zero-order chi connectivity index (χ0) is 14.1. The highest BCUT2D eigenvalue weighted by molar-refractivity contribution is 7.91. The van der Waals surface area contributed by atoms with Gasteiger partial charge in [0.1, 0.15) is 0 Å². The monoisotopic (exact) mass is 280 g/mol. The van der Waals surface area contributed by atoms with E-state index < -0.39 is 20.2 Å². The van der Waals surface area contributed by atoms with Gasteiger partial charge in [-0.3, -0.25) is 10.1 Å². The summed E-state index contributed by atoms with van der Waals surface area (Å²) in [6, 6.07) is 8.06. The highest BCUT2D eigenvalue weighted by Gasteiger charge is 2.42. The maximum absolute atomic E-state index is 11.5. The summed E-state index contributed by atoms with van der Waals surface area (Å²) in [7, 11) is -3.17. The second kappa shape index (κ2) is 4.63. The van der Waals surface area contributed by atoms with Gasteiger partial charge in [-0.2, -0.15) is 5.26 Å². The van der Waals surface area contributed by atoms with Gasteiger partial charge >= 0.3 is 0 Å². The standard InChI is InChI=1S/C12H12N2O4S/c13-8-12(4-5-19(17,18)9-12)7-10-2-1-3-11(6-10)14(15)16/h1-3,6H,4-5,7,9H2. The third-order valence-electron chi connectivity index (χ3n) is 3.29. The molecule has 0 saturated carbocycles. The SMILES string of the molecule is N#CC1(Cc2cccc([N+](=O)[O-])c2)CCS(=O)(=O)C1. The van der Waals surface area contributed by atoms with Crippen LogP contribution in [0.1, 0.15) is 12.0 Å². The molecule has 0 amide bonds. The van der Waals surface area contributed by atoms with Gasteiger partial charge in [0.05, 0.1) is 27.9 Å². The van der Waals surface area contributed by atoms with Crippen LogP contribution in [0.4, 0.5) is 5.69 Å². The summed E-state index contributed by atoms with van der Waals surface area (Å²) in [5.74, 6) is -0.158. The number of nitriles is 1. The number of hydrogen-bond donors (Lipinski definition) is 0. The molecular formula is C12H12N2O4S. The highest BCUT2D eigenvalue weighted by atomic mass is 32.2. The lowest BCUT2D eigenvalue weighted by Crippen LogP contribution is -2.23. The maximum atomic E-state index is 11.5. The molecule has 2 rings (SSSR count). The Labute approximate surface area is 110 Å². The van der Waals surface area contributed by atoms with Gasteiger partial charge in [-0.05, 0) is 18.4 Å². The van der Waals surface area contributed by atoms with Crippen LogP contribution in [0.3, 0.4) is 0 Å². The average Bonchev–Trinajstić information content (AvgIpc) is 2.66. The number of non-ortho nitro benzene ring substituents is 1. The van der Waals surface area contributed by atoms with Crippen molar-refractivity contribution in [2.24, 2.45) is 5.41 Å². The van der Waals surface area contributed by atoms with E-state index in [1.165, 1.54) is 12.1 Å². The average molecular weight is 280 g/mol.